The molecule has 2 N–H and O–H groups in total. The van der Waals surface area contributed by atoms with Gasteiger partial charge in [0.15, 0.2) is 0 Å². The number of imide groups is 1. The first-order valence-electron chi connectivity index (χ1n) is 8.89. The van der Waals surface area contributed by atoms with Gasteiger partial charge >= 0.3 is 6.09 Å². The van der Waals surface area contributed by atoms with Crippen molar-refractivity contribution in [2.75, 3.05) is 19.6 Å². The van der Waals surface area contributed by atoms with E-state index in [-0.39, 0.29) is 56.3 Å². The van der Waals surface area contributed by atoms with Gasteiger partial charge in [0.2, 0.25) is 17.7 Å². The first-order valence-corrected chi connectivity index (χ1v) is 8.89. The molecule has 9 heteroatoms. The van der Waals surface area contributed by atoms with Crippen LogP contribution in [0.5, 0.6) is 0 Å². The molecule has 0 aliphatic carbocycles. The number of carbonyl (C=O) groups excluding carboxylic acids is 4. The third kappa shape index (κ3) is 5.98. The summed E-state index contributed by atoms with van der Waals surface area (Å²) in [5.41, 5.74) is -0.568. The standard InChI is InChI=1S/C17H27N3O6/c1-17(2,3)26-16(24)19-10-11-4-5-12(25-11)15(23)18-8-9-20-13(21)6-7-14(20)22/h11-12H,4-10H2,1-3H3,(H,18,23)(H,19,24)/t11-,12+/m0/s1. The summed E-state index contributed by atoms with van der Waals surface area (Å²) in [6.45, 7) is 6.00. The highest BCUT2D eigenvalue weighted by Crippen LogP contribution is 2.19. The quantitative estimate of drug-likeness (QED) is 0.652. The van der Waals surface area contributed by atoms with Crippen molar-refractivity contribution in [3.63, 3.8) is 0 Å². The van der Waals surface area contributed by atoms with E-state index in [1.807, 2.05) is 0 Å². The van der Waals surface area contributed by atoms with E-state index in [2.05, 4.69) is 10.6 Å². The molecule has 2 aliphatic heterocycles. The van der Waals surface area contributed by atoms with Crippen LogP contribution in [-0.2, 0) is 23.9 Å². The van der Waals surface area contributed by atoms with Crippen molar-refractivity contribution < 1.29 is 28.7 Å². The molecule has 0 unspecified atom stereocenters. The van der Waals surface area contributed by atoms with Gasteiger partial charge in [-0.25, -0.2) is 4.79 Å². The van der Waals surface area contributed by atoms with Crippen LogP contribution in [0.1, 0.15) is 46.5 Å². The molecule has 9 nitrogen and oxygen atoms in total. The molecule has 2 heterocycles. The van der Waals surface area contributed by atoms with Crippen LogP contribution < -0.4 is 10.6 Å². The molecule has 2 atom stereocenters. The summed E-state index contributed by atoms with van der Waals surface area (Å²) in [5, 5.41) is 5.32. The Kier molecular flexibility index (Phi) is 6.57. The molecule has 26 heavy (non-hydrogen) atoms. The molecule has 0 aromatic carbocycles. The van der Waals surface area contributed by atoms with E-state index >= 15 is 0 Å². The third-order valence-electron chi connectivity index (χ3n) is 4.06. The number of nitrogens with zero attached hydrogens (tertiary/aromatic N) is 1. The largest absolute Gasteiger partial charge is 0.444 e. The lowest BCUT2D eigenvalue weighted by Crippen LogP contribution is -2.42. The van der Waals surface area contributed by atoms with Crippen LogP contribution in [0, 0.1) is 0 Å². The number of hydrogen-bond acceptors (Lipinski definition) is 6. The van der Waals surface area contributed by atoms with Crippen molar-refractivity contribution in [2.24, 2.45) is 0 Å². The van der Waals surface area contributed by atoms with E-state index in [9.17, 15) is 19.2 Å². The predicted octanol–water partition coefficient (Wildman–Crippen LogP) is 0.324. The highest BCUT2D eigenvalue weighted by Gasteiger charge is 2.32. The predicted molar refractivity (Wildman–Crippen MR) is 91.1 cm³/mol. The lowest BCUT2D eigenvalue weighted by Gasteiger charge is -2.21. The van der Waals surface area contributed by atoms with Crippen molar-refractivity contribution in [1.82, 2.24) is 15.5 Å². The lowest BCUT2D eigenvalue weighted by molar-refractivity contribution is -0.139. The fourth-order valence-electron chi connectivity index (χ4n) is 2.84. The van der Waals surface area contributed by atoms with E-state index in [1.165, 1.54) is 4.90 Å². The Balaban J connectivity index is 1.64. The fraction of sp³-hybridized carbons (Fsp3) is 0.765. The van der Waals surface area contributed by atoms with Crippen LogP contribution in [-0.4, -0.2) is 66.2 Å². The average Bonchev–Trinajstić information content (AvgIpc) is 3.13. The first kappa shape index (κ1) is 20.2. The van der Waals surface area contributed by atoms with Gasteiger partial charge in [-0.3, -0.25) is 19.3 Å². The number of amides is 4. The molecule has 2 fully saturated rings. The SMILES string of the molecule is CC(C)(C)OC(=O)NC[C@@H]1CC[C@H](C(=O)NCCN2C(=O)CCC2=O)O1. The van der Waals surface area contributed by atoms with Gasteiger partial charge in [-0.05, 0) is 33.6 Å². The summed E-state index contributed by atoms with van der Waals surface area (Å²) < 4.78 is 10.8. The number of rotatable bonds is 6. The molecule has 2 aliphatic rings. The molecule has 0 radical (unpaired) electrons. The molecular weight excluding hydrogens is 342 g/mol. The minimum Gasteiger partial charge on any atom is -0.444 e. The number of likely N-dealkylation sites (tertiary alicyclic amines) is 1. The molecule has 0 aromatic rings. The van der Waals surface area contributed by atoms with Crippen molar-refractivity contribution in [3.8, 4) is 0 Å². The Bertz CT molecular complexity index is 555. The number of ether oxygens (including phenoxy) is 2. The number of alkyl carbamates (subject to hydrolysis) is 1. The van der Waals surface area contributed by atoms with Gasteiger partial charge in [0.1, 0.15) is 11.7 Å². The second-order valence-corrected chi connectivity index (χ2v) is 7.44. The van der Waals surface area contributed by atoms with Gasteiger partial charge in [-0.2, -0.15) is 0 Å². The highest BCUT2D eigenvalue weighted by molar-refractivity contribution is 6.01. The lowest BCUT2D eigenvalue weighted by atomic mass is 10.2. The van der Waals surface area contributed by atoms with Gasteiger partial charge in [0, 0.05) is 32.5 Å². The maximum atomic E-state index is 12.1. The Morgan fingerprint density at radius 3 is 2.42 bits per heavy atom. The number of nitrogens with one attached hydrogen (secondary N) is 2. The van der Waals surface area contributed by atoms with Crippen molar-refractivity contribution in [2.45, 2.75) is 64.3 Å². The van der Waals surface area contributed by atoms with Crippen molar-refractivity contribution >= 4 is 23.8 Å². The first-order chi connectivity index (χ1) is 12.2. The van der Waals surface area contributed by atoms with E-state index in [4.69, 9.17) is 9.47 Å². The number of hydrogen-bond donors (Lipinski definition) is 2. The zero-order valence-electron chi connectivity index (χ0n) is 15.5. The van der Waals surface area contributed by atoms with Crippen LogP contribution >= 0.6 is 0 Å². The van der Waals surface area contributed by atoms with Gasteiger partial charge < -0.3 is 20.1 Å². The molecule has 0 spiro atoms. The van der Waals surface area contributed by atoms with Gasteiger partial charge in [-0.15, -0.1) is 0 Å². The summed E-state index contributed by atoms with van der Waals surface area (Å²) in [4.78, 5) is 47.9. The van der Waals surface area contributed by atoms with Crippen LogP contribution in [0.15, 0.2) is 0 Å². The zero-order valence-corrected chi connectivity index (χ0v) is 15.5. The van der Waals surface area contributed by atoms with Crippen LogP contribution in [0.3, 0.4) is 0 Å². The van der Waals surface area contributed by atoms with Gasteiger partial charge in [0.25, 0.3) is 0 Å². The fourth-order valence-corrected chi connectivity index (χ4v) is 2.84. The monoisotopic (exact) mass is 369 g/mol. The second kappa shape index (κ2) is 8.48. The average molecular weight is 369 g/mol. The van der Waals surface area contributed by atoms with E-state index < -0.39 is 17.8 Å². The zero-order chi connectivity index (χ0) is 19.3. The maximum Gasteiger partial charge on any atom is 0.407 e. The Morgan fingerprint density at radius 1 is 1.15 bits per heavy atom. The summed E-state index contributed by atoms with van der Waals surface area (Å²) in [5.74, 6) is -0.673. The Morgan fingerprint density at radius 2 is 1.81 bits per heavy atom. The van der Waals surface area contributed by atoms with Crippen LogP contribution in [0.2, 0.25) is 0 Å². The summed E-state index contributed by atoms with van der Waals surface area (Å²) in [6.07, 6.45) is 0.320. The molecule has 4 amide bonds. The molecule has 0 bridgehead atoms. The third-order valence-corrected chi connectivity index (χ3v) is 4.06. The minimum absolute atomic E-state index is 0.180. The summed E-state index contributed by atoms with van der Waals surface area (Å²) in [6, 6.07) is 0. The highest BCUT2D eigenvalue weighted by atomic mass is 16.6. The summed E-state index contributed by atoms with van der Waals surface area (Å²) >= 11 is 0. The Labute approximate surface area is 152 Å². The molecule has 2 rings (SSSR count). The van der Waals surface area contributed by atoms with Crippen molar-refractivity contribution in [1.29, 1.82) is 0 Å². The minimum atomic E-state index is -0.592. The van der Waals surface area contributed by atoms with E-state index in [1.54, 1.807) is 20.8 Å². The van der Waals surface area contributed by atoms with Crippen molar-refractivity contribution in [3.05, 3.63) is 0 Å². The second-order valence-electron chi connectivity index (χ2n) is 7.44. The normalized spacial score (nSPS) is 23.3. The number of carbonyl (C=O) groups is 4. The smallest absolute Gasteiger partial charge is 0.407 e. The summed E-state index contributed by atoms with van der Waals surface area (Å²) in [7, 11) is 0. The topological polar surface area (TPSA) is 114 Å². The maximum absolute atomic E-state index is 12.1. The van der Waals surface area contributed by atoms with Gasteiger partial charge in [0.05, 0.1) is 6.10 Å². The Hall–Kier alpha value is -2.16. The van der Waals surface area contributed by atoms with Gasteiger partial charge in [-0.1, -0.05) is 0 Å². The van der Waals surface area contributed by atoms with Crippen LogP contribution in [0.25, 0.3) is 0 Å². The molecule has 2 saturated heterocycles. The molecule has 0 aromatic heterocycles. The van der Waals surface area contributed by atoms with E-state index in [0.717, 1.165) is 0 Å². The van der Waals surface area contributed by atoms with Crippen LogP contribution in [0.4, 0.5) is 4.79 Å². The van der Waals surface area contributed by atoms with E-state index in [0.29, 0.717) is 12.8 Å². The molecule has 146 valence electrons. The molecular formula is C17H27N3O6. The molecule has 0 saturated carbocycles.